The Morgan fingerprint density at radius 1 is 1.90 bits per heavy atom. The smallest absolute Gasteiger partial charge is 0.111 e. The Labute approximate surface area is 64.7 Å². The van der Waals surface area contributed by atoms with E-state index in [0.29, 0.717) is 6.04 Å². The summed E-state index contributed by atoms with van der Waals surface area (Å²) < 4.78 is 0. The van der Waals surface area contributed by atoms with Crippen LogP contribution in [0.3, 0.4) is 0 Å². The second-order valence-electron chi connectivity index (χ2n) is 2.55. The first-order valence-electron chi connectivity index (χ1n) is 3.87. The van der Waals surface area contributed by atoms with Crippen LogP contribution in [0, 0.1) is 0 Å². The summed E-state index contributed by atoms with van der Waals surface area (Å²) in [5.74, 6) is 0.778. The molecular formula is C7H19N3. The van der Waals surface area contributed by atoms with Crippen LogP contribution in [0.25, 0.3) is 0 Å². The number of hydrogen-bond donors (Lipinski definition) is 2. The summed E-state index contributed by atoms with van der Waals surface area (Å²) in [7, 11) is 0. The lowest BCUT2D eigenvalue weighted by molar-refractivity contribution is 0.751. The van der Waals surface area contributed by atoms with Gasteiger partial charge in [-0.15, -0.1) is 0 Å². The van der Waals surface area contributed by atoms with E-state index in [2.05, 4.69) is 10.3 Å². The fraction of sp³-hybridized carbons (Fsp3) is 0.857. The predicted molar refractivity (Wildman–Crippen MR) is 47.4 cm³/mol. The lowest BCUT2D eigenvalue weighted by Crippen LogP contribution is -2.36. The van der Waals surface area contributed by atoms with Crippen LogP contribution >= 0.6 is 0 Å². The third-order valence-electron chi connectivity index (χ3n) is 1.76. The molecule has 0 aromatic carbocycles. The van der Waals surface area contributed by atoms with Crippen LogP contribution in [0.4, 0.5) is 0 Å². The van der Waals surface area contributed by atoms with Crippen LogP contribution in [0.5, 0.6) is 0 Å². The summed E-state index contributed by atoms with van der Waals surface area (Å²) >= 11 is 0. The van der Waals surface area contributed by atoms with Crippen molar-refractivity contribution in [2.75, 3.05) is 13.1 Å². The third-order valence-corrected chi connectivity index (χ3v) is 1.76. The number of rotatable bonds is 2. The minimum Gasteiger partial charge on any atom is -0.386 e. The zero-order valence-electron chi connectivity index (χ0n) is 6.43. The van der Waals surface area contributed by atoms with E-state index in [0.717, 1.165) is 25.3 Å². The Hall–Kier alpha value is -0.570. The quantitative estimate of drug-likeness (QED) is 0.442. The van der Waals surface area contributed by atoms with Gasteiger partial charge in [-0.1, -0.05) is 0 Å². The summed E-state index contributed by atoms with van der Waals surface area (Å²) in [6.45, 7) is 3.89. The van der Waals surface area contributed by atoms with Gasteiger partial charge in [-0.2, -0.15) is 0 Å². The van der Waals surface area contributed by atoms with Crippen molar-refractivity contribution in [2.24, 2.45) is 10.7 Å². The minimum absolute atomic E-state index is 0. The lowest BCUT2D eigenvalue weighted by Gasteiger charge is -2.07. The Bertz CT molecular complexity index is 133. The maximum absolute atomic E-state index is 5.68. The summed E-state index contributed by atoms with van der Waals surface area (Å²) in [4.78, 5) is 4.14. The second kappa shape index (κ2) is 3.56. The van der Waals surface area contributed by atoms with Crippen molar-refractivity contribution >= 4 is 5.84 Å². The predicted octanol–water partition coefficient (Wildman–Crippen LogP) is 0.607. The molecule has 1 aliphatic heterocycles. The Morgan fingerprint density at radius 2 is 2.70 bits per heavy atom. The summed E-state index contributed by atoms with van der Waals surface area (Å²) in [6, 6.07) is 0.361. The van der Waals surface area contributed by atoms with Gasteiger partial charge in [-0.05, 0) is 26.3 Å². The average Bonchev–Trinajstić information content (AvgIpc) is 2.38. The van der Waals surface area contributed by atoms with Gasteiger partial charge in [0.05, 0.1) is 6.04 Å². The molecule has 1 heterocycles. The Balaban J connectivity index is 0. The standard InChI is InChI=1S/C7H15N3.2H2/c1-2-9-7(8)6-4-3-5-10-6;;/h6,10H,2-5H2,1H3,(H2,8,9);2*1H/t6-;;/m0../s1. The molecule has 1 aliphatic rings. The zero-order valence-corrected chi connectivity index (χ0v) is 6.43. The van der Waals surface area contributed by atoms with Gasteiger partial charge >= 0.3 is 0 Å². The molecule has 3 nitrogen and oxygen atoms in total. The van der Waals surface area contributed by atoms with Crippen LogP contribution in [-0.4, -0.2) is 25.0 Å². The topological polar surface area (TPSA) is 50.4 Å². The molecule has 1 atom stereocenters. The molecule has 1 rings (SSSR count). The molecule has 0 aromatic rings. The maximum Gasteiger partial charge on any atom is 0.111 e. The minimum atomic E-state index is 0. The first-order chi connectivity index (χ1) is 4.84. The van der Waals surface area contributed by atoms with Crippen LogP contribution in [-0.2, 0) is 0 Å². The van der Waals surface area contributed by atoms with Crippen molar-refractivity contribution in [2.45, 2.75) is 25.8 Å². The van der Waals surface area contributed by atoms with Crippen LogP contribution < -0.4 is 11.1 Å². The molecule has 0 saturated carbocycles. The van der Waals surface area contributed by atoms with Crippen molar-refractivity contribution in [1.82, 2.24) is 5.32 Å². The second-order valence-corrected chi connectivity index (χ2v) is 2.55. The largest absolute Gasteiger partial charge is 0.386 e. The molecule has 3 N–H and O–H groups in total. The van der Waals surface area contributed by atoms with Gasteiger partial charge in [-0.3, -0.25) is 4.99 Å². The number of hydrogen-bond acceptors (Lipinski definition) is 2. The van der Waals surface area contributed by atoms with Crippen molar-refractivity contribution in [1.29, 1.82) is 0 Å². The van der Waals surface area contributed by atoms with Crippen molar-refractivity contribution in [3.8, 4) is 0 Å². The van der Waals surface area contributed by atoms with E-state index >= 15 is 0 Å². The van der Waals surface area contributed by atoms with E-state index < -0.39 is 0 Å². The molecular weight excluding hydrogens is 126 g/mol. The average molecular weight is 145 g/mol. The summed E-state index contributed by atoms with van der Waals surface area (Å²) in [6.07, 6.45) is 2.37. The van der Waals surface area contributed by atoms with Gasteiger partial charge in [0.1, 0.15) is 5.84 Å². The van der Waals surface area contributed by atoms with Crippen molar-refractivity contribution in [3.63, 3.8) is 0 Å². The van der Waals surface area contributed by atoms with Crippen LogP contribution in [0.1, 0.15) is 22.6 Å². The molecule has 0 aliphatic carbocycles. The molecule has 0 spiro atoms. The molecule has 1 saturated heterocycles. The van der Waals surface area contributed by atoms with Gasteiger partial charge in [0, 0.05) is 9.40 Å². The lowest BCUT2D eigenvalue weighted by atomic mass is 10.2. The highest BCUT2D eigenvalue weighted by Gasteiger charge is 2.16. The monoisotopic (exact) mass is 145 g/mol. The molecule has 1 fully saturated rings. The van der Waals surface area contributed by atoms with Crippen LogP contribution in [0.15, 0.2) is 4.99 Å². The Morgan fingerprint density at radius 3 is 3.20 bits per heavy atom. The molecule has 0 unspecified atom stereocenters. The molecule has 0 amide bonds. The van der Waals surface area contributed by atoms with Gasteiger partial charge in [-0.25, -0.2) is 0 Å². The van der Waals surface area contributed by atoms with E-state index in [-0.39, 0.29) is 2.85 Å². The van der Waals surface area contributed by atoms with E-state index in [1.165, 1.54) is 6.42 Å². The fourth-order valence-corrected chi connectivity index (χ4v) is 1.23. The number of nitrogens with one attached hydrogen (secondary N) is 1. The van der Waals surface area contributed by atoms with Crippen molar-refractivity contribution < 1.29 is 2.85 Å². The van der Waals surface area contributed by atoms with E-state index in [4.69, 9.17) is 5.73 Å². The van der Waals surface area contributed by atoms with Crippen molar-refractivity contribution in [3.05, 3.63) is 0 Å². The van der Waals surface area contributed by atoms with E-state index in [1.807, 2.05) is 6.92 Å². The maximum atomic E-state index is 5.68. The highest BCUT2D eigenvalue weighted by atomic mass is 15.0. The first kappa shape index (κ1) is 7.54. The summed E-state index contributed by atoms with van der Waals surface area (Å²) in [5.41, 5.74) is 5.68. The first-order valence-corrected chi connectivity index (χ1v) is 3.87. The SMILES string of the molecule is CCN=C(N)[C@@H]1CCCN1.[HH].[HH]. The van der Waals surface area contributed by atoms with Gasteiger partial charge < -0.3 is 11.1 Å². The normalized spacial score (nSPS) is 27.3. The molecule has 0 bridgehead atoms. The number of nitrogens with zero attached hydrogens (tertiary/aromatic N) is 1. The van der Waals surface area contributed by atoms with Gasteiger partial charge in [0.2, 0.25) is 0 Å². The highest BCUT2D eigenvalue weighted by Crippen LogP contribution is 2.04. The molecule has 62 valence electrons. The molecule has 0 radical (unpaired) electrons. The molecule has 10 heavy (non-hydrogen) atoms. The van der Waals surface area contributed by atoms with E-state index in [9.17, 15) is 0 Å². The summed E-state index contributed by atoms with van der Waals surface area (Å²) in [5, 5.41) is 3.29. The number of amidine groups is 1. The third kappa shape index (κ3) is 1.70. The number of aliphatic imine (C=N–C) groups is 1. The zero-order chi connectivity index (χ0) is 7.40. The molecule has 0 aromatic heterocycles. The number of nitrogens with two attached hydrogens (primary N) is 1. The Kier molecular flexibility index (Phi) is 2.68. The fourth-order valence-electron chi connectivity index (χ4n) is 1.23. The van der Waals surface area contributed by atoms with Gasteiger partial charge in [0.15, 0.2) is 0 Å². The van der Waals surface area contributed by atoms with E-state index in [1.54, 1.807) is 0 Å². The highest BCUT2D eigenvalue weighted by molar-refractivity contribution is 5.86. The van der Waals surface area contributed by atoms with Gasteiger partial charge in [0.25, 0.3) is 0 Å². The van der Waals surface area contributed by atoms with Crippen LogP contribution in [0.2, 0.25) is 0 Å². The molecule has 3 heteroatoms.